The van der Waals surface area contributed by atoms with Crippen molar-refractivity contribution in [3.05, 3.63) is 0 Å². The molecule has 0 bridgehead atoms. The Morgan fingerprint density at radius 1 is 1.18 bits per heavy atom. The van der Waals surface area contributed by atoms with Crippen molar-refractivity contribution in [2.75, 3.05) is 26.7 Å². The molecule has 1 rings (SSSR count). The highest BCUT2D eigenvalue weighted by Gasteiger charge is 2.18. The summed E-state index contributed by atoms with van der Waals surface area (Å²) >= 11 is 0. The van der Waals surface area contributed by atoms with Gasteiger partial charge in [-0.25, -0.2) is 0 Å². The summed E-state index contributed by atoms with van der Waals surface area (Å²) < 4.78 is 0. The van der Waals surface area contributed by atoms with Gasteiger partial charge < -0.3 is 9.80 Å². The Morgan fingerprint density at radius 2 is 1.76 bits per heavy atom. The molecule has 0 aromatic heterocycles. The highest BCUT2D eigenvalue weighted by Crippen LogP contribution is 2.14. The number of hydrogen-bond acceptors (Lipinski definition) is 2. The van der Waals surface area contributed by atoms with Crippen molar-refractivity contribution in [2.24, 2.45) is 5.92 Å². The first-order chi connectivity index (χ1) is 8.02. The Hall–Kier alpha value is -0.570. The van der Waals surface area contributed by atoms with Crippen molar-refractivity contribution in [2.45, 2.75) is 52.5 Å². The molecule has 1 atom stereocenters. The largest absolute Gasteiger partial charge is 0.345 e. The molecule has 1 aliphatic rings. The summed E-state index contributed by atoms with van der Waals surface area (Å²) in [5.41, 5.74) is 0. The summed E-state index contributed by atoms with van der Waals surface area (Å²) in [6, 6.07) is 0.609. The van der Waals surface area contributed by atoms with Crippen LogP contribution in [0.1, 0.15) is 46.5 Å². The van der Waals surface area contributed by atoms with Gasteiger partial charge in [-0.1, -0.05) is 20.3 Å². The Labute approximate surface area is 106 Å². The van der Waals surface area contributed by atoms with E-state index in [1.807, 2.05) is 25.8 Å². The van der Waals surface area contributed by atoms with Gasteiger partial charge in [0.25, 0.3) is 0 Å². The van der Waals surface area contributed by atoms with Crippen molar-refractivity contribution in [3.63, 3.8) is 0 Å². The number of piperidine rings is 1. The van der Waals surface area contributed by atoms with Crippen LogP contribution in [0.25, 0.3) is 0 Å². The first-order valence-electron chi connectivity index (χ1n) is 7.01. The minimum Gasteiger partial charge on any atom is -0.345 e. The Morgan fingerprint density at radius 3 is 2.29 bits per heavy atom. The lowest BCUT2D eigenvalue weighted by Crippen LogP contribution is -2.40. The van der Waals surface area contributed by atoms with E-state index < -0.39 is 0 Å². The van der Waals surface area contributed by atoms with E-state index in [2.05, 4.69) is 11.8 Å². The highest BCUT2D eigenvalue weighted by molar-refractivity contribution is 5.77. The molecule has 0 N–H and O–H groups in total. The summed E-state index contributed by atoms with van der Waals surface area (Å²) in [5.74, 6) is 0.376. The topological polar surface area (TPSA) is 23.6 Å². The lowest BCUT2D eigenvalue weighted by Gasteiger charge is -2.33. The molecular weight excluding hydrogens is 212 g/mol. The van der Waals surface area contributed by atoms with Crippen LogP contribution in [0.5, 0.6) is 0 Å². The predicted molar refractivity (Wildman–Crippen MR) is 72.0 cm³/mol. The molecule has 1 saturated heterocycles. The van der Waals surface area contributed by atoms with Crippen LogP contribution in [-0.2, 0) is 4.79 Å². The third-order valence-electron chi connectivity index (χ3n) is 3.77. The standard InChI is InChI=1S/C14H28N2O/c1-12(2)14(17)15(4)11-8-13(3)16-9-6-5-7-10-16/h12-13H,5-11H2,1-4H3. The predicted octanol–water partition coefficient (Wildman–Crippen LogP) is 2.37. The van der Waals surface area contributed by atoms with Gasteiger partial charge in [0.15, 0.2) is 0 Å². The van der Waals surface area contributed by atoms with Gasteiger partial charge in [0, 0.05) is 25.6 Å². The van der Waals surface area contributed by atoms with Gasteiger partial charge >= 0.3 is 0 Å². The summed E-state index contributed by atoms with van der Waals surface area (Å²) in [5, 5.41) is 0. The van der Waals surface area contributed by atoms with Crippen LogP contribution in [0, 0.1) is 5.92 Å². The summed E-state index contributed by atoms with van der Waals surface area (Å²) in [6.45, 7) is 9.58. The van der Waals surface area contributed by atoms with Gasteiger partial charge in [0.2, 0.25) is 5.91 Å². The molecule has 0 spiro atoms. The molecule has 1 aliphatic heterocycles. The molecule has 17 heavy (non-hydrogen) atoms. The molecule has 100 valence electrons. The van der Waals surface area contributed by atoms with Gasteiger partial charge in [-0.05, 0) is 39.3 Å². The molecule has 0 saturated carbocycles. The first kappa shape index (κ1) is 14.5. The third kappa shape index (κ3) is 4.66. The maximum absolute atomic E-state index is 11.7. The summed E-state index contributed by atoms with van der Waals surface area (Å²) in [4.78, 5) is 16.2. The number of rotatable bonds is 5. The van der Waals surface area contributed by atoms with Crippen LogP contribution >= 0.6 is 0 Å². The fourth-order valence-corrected chi connectivity index (χ4v) is 2.47. The van der Waals surface area contributed by atoms with Crippen LogP contribution < -0.4 is 0 Å². The number of amides is 1. The lowest BCUT2D eigenvalue weighted by atomic mass is 10.1. The van der Waals surface area contributed by atoms with E-state index >= 15 is 0 Å². The molecule has 0 radical (unpaired) electrons. The maximum Gasteiger partial charge on any atom is 0.224 e. The highest BCUT2D eigenvalue weighted by atomic mass is 16.2. The van der Waals surface area contributed by atoms with Crippen LogP contribution in [0.2, 0.25) is 0 Å². The Kier molecular flexibility index (Phi) is 5.96. The maximum atomic E-state index is 11.7. The first-order valence-corrected chi connectivity index (χ1v) is 7.01. The average molecular weight is 240 g/mol. The Balaban J connectivity index is 2.26. The average Bonchev–Trinajstić information content (AvgIpc) is 2.35. The summed E-state index contributed by atoms with van der Waals surface area (Å²) in [7, 11) is 1.92. The van der Waals surface area contributed by atoms with Crippen molar-refractivity contribution < 1.29 is 4.79 Å². The molecule has 1 unspecified atom stereocenters. The molecule has 0 aromatic rings. The van der Waals surface area contributed by atoms with E-state index in [9.17, 15) is 4.79 Å². The normalized spacial score (nSPS) is 19.4. The van der Waals surface area contributed by atoms with E-state index in [1.54, 1.807) is 0 Å². The smallest absolute Gasteiger partial charge is 0.224 e. The molecule has 1 fully saturated rings. The zero-order valence-corrected chi connectivity index (χ0v) is 11.9. The van der Waals surface area contributed by atoms with E-state index in [0.717, 1.165) is 13.0 Å². The van der Waals surface area contributed by atoms with Crippen molar-refractivity contribution in [1.82, 2.24) is 9.80 Å². The minimum absolute atomic E-state index is 0.116. The van der Waals surface area contributed by atoms with E-state index in [0.29, 0.717) is 6.04 Å². The molecule has 1 amide bonds. The number of carbonyl (C=O) groups excluding carboxylic acids is 1. The summed E-state index contributed by atoms with van der Waals surface area (Å²) in [6.07, 6.45) is 5.15. The lowest BCUT2D eigenvalue weighted by molar-refractivity contribution is -0.133. The van der Waals surface area contributed by atoms with Gasteiger partial charge in [-0.15, -0.1) is 0 Å². The van der Waals surface area contributed by atoms with Crippen molar-refractivity contribution in [3.8, 4) is 0 Å². The zero-order chi connectivity index (χ0) is 12.8. The number of likely N-dealkylation sites (tertiary alicyclic amines) is 1. The van der Waals surface area contributed by atoms with Gasteiger partial charge in [-0.2, -0.15) is 0 Å². The fourth-order valence-electron chi connectivity index (χ4n) is 2.47. The monoisotopic (exact) mass is 240 g/mol. The number of hydrogen-bond donors (Lipinski definition) is 0. The second kappa shape index (κ2) is 7.00. The molecule has 1 heterocycles. The van der Waals surface area contributed by atoms with Gasteiger partial charge in [0.1, 0.15) is 0 Å². The zero-order valence-electron chi connectivity index (χ0n) is 11.9. The van der Waals surface area contributed by atoms with Gasteiger partial charge in [-0.3, -0.25) is 4.79 Å². The van der Waals surface area contributed by atoms with Gasteiger partial charge in [0.05, 0.1) is 0 Å². The minimum atomic E-state index is 0.116. The molecular formula is C14H28N2O. The van der Waals surface area contributed by atoms with Crippen LogP contribution in [0.4, 0.5) is 0 Å². The van der Waals surface area contributed by atoms with Crippen LogP contribution in [0.3, 0.4) is 0 Å². The fraction of sp³-hybridized carbons (Fsp3) is 0.929. The van der Waals surface area contributed by atoms with Crippen molar-refractivity contribution in [1.29, 1.82) is 0 Å². The number of nitrogens with zero attached hydrogens (tertiary/aromatic N) is 2. The second-order valence-corrected chi connectivity index (χ2v) is 5.65. The Bertz CT molecular complexity index is 234. The molecule has 0 aromatic carbocycles. The van der Waals surface area contributed by atoms with E-state index in [1.165, 1.54) is 32.4 Å². The van der Waals surface area contributed by atoms with Crippen molar-refractivity contribution >= 4 is 5.91 Å². The second-order valence-electron chi connectivity index (χ2n) is 5.65. The third-order valence-corrected chi connectivity index (χ3v) is 3.77. The SMILES string of the molecule is CC(C)C(=O)N(C)CCC(C)N1CCCCC1. The van der Waals surface area contributed by atoms with Crippen LogP contribution in [0.15, 0.2) is 0 Å². The molecule has 3 heteroatoms. The molecule has 0 aliphatic carbocycles. The quantitative estimate of drug-likeness (QED) is 0.736. The van der Waals surface area contributed by atoms with Crippen LogP contribution in [-0.4, -0.2) is 48.4 Å². The van der Waals surface area contributed by atoms with E-state index in [-0.39, 0.29) is 11.8 Å². The molecule has 3 nitrogen and oxygen atoms in total. The number of carbonyl (C=O) groups is 1. The van der Waals surface area contributed by atoms with E-state index in [4.69, 9.17) is 0 Å².